The molecule has 1 atom stereocenters. The lowest BCUT2D eigenvalue weighted by atomic mass is 10.0. The van der Waals surface area contributed by atoms with Crippen LogP contribution in [0.25, 0.3) is 0 Å². The van der Waals surface area contributed by atoms with E-state index in [9.17, 15) is 4.79 Å². The van der Waals surface area contributed by atoms with Crippen molar-refractivity contribution in [2.75, 3.05) is 31.5 Å². The van der Waals surface area contributed by atoms with Crippen LogP contribution in [-0.2, 0) is 4.79 Å². The molecule has 2 rings (SSSR count). The second kappa shape index (κ2) is 6.86. The molecule has 1 aromatic carbocycles. The lowest BCUT2D eigenvalue weighted by molar-refractivity contribution is -0.118. The maximum absolute atomic E-state index is 12.1. The Balaban J connectivity index is 1.92. The van der Waals surface area contributed by atoms with Gasteiger partial charge in [-0.05, 0) is 30.5 Å². The number of hydrogen-bond acceptors (Lipinski definition) is 3. The Hall–Kier alpha value is -1.39. The molecule has 0 radical (unpaired) electrons. The summed E-state index contributed by atoms with van der Waals surface area (Å²) in [5.41, 5.74) is 2.14. The van der Waals surface area contributed by atoms with Crippen LogP contribution in [0.3, 0.4) is 0 Å². The quantitative estimate of drug-likeness (QED) is 0.884. The van der Waals surface area contributed by atoms with Gasteiger partial charge in [-0.1, -0.05) is 26.0 Å². The summed E-state index contributed by atoms with van der Waals surface area (Å²) in [5.74, 6) is 0.541. The summed E-state index contributed by atoms with van der Waals surface area (Å²) in [4.78, 5) is 14.4. The van der Waals surface area contributed by atoms with Crippen molar-refractivity contribution < 1.29 is 4.79 Å². The number of nitrogens with zero attached hydrogens (tertiary/aromatic N) is 1. The molecule has 1 saturated heterocycles. The van der Waals surface area contributed by atoms with E-state index < -0.39 is 0 Å². The zero-order valence-electron chi connectivity index (χ0n) is 12.6. The van der Waals surface area contributed by atoms with Gasteiger partial charge in [0.15, 0.2) is 0 Å². The predicted octanol–water partition coefficient (Wildman–Crippen LogP) is 2.04. The number of nitrogens with one attached hydrogen (secondary N) is 2. The molecule has 1 amide bonds. The molecule has 20 heavy (non-hydrogen) atoms. The molecule has 0 aliphatic carbocycles. The van der Waals surface area contributed by atoms with E-state index in [0.29, 0.717) is 18.5 Å². The molecule has 110 valence electrons. The third-order valence-corrected chi connectivity index (χ3v) is 3.82. The van der Waals surface area contributed by atoms with Gasteiger partial charge >= 0.3 is 0 Å². The van der Waals surface area contributed by atoms with Crippen LogP contribution in [0.15, 0.2) is 24.3 Å². The van der Waals surface area contributed by atoms with Gasteiger partial charge in [0.2, 0.25) is 5.91 Å². The summed E-state index contributed by atoms with van der Waals surface area (Å²) in [5, 5.41) is 6.34. The van der Waals surface area contributed by atoms with Gasteiger partial charge in [0.05, 0.1) is 6.54 Å². The highest BCUT2D eigenvalue weighted by atomic mass is 16.2. The molecule has 1 fully saturated rings. The minimum Gasteiger partial charge on any atom is -0.325 e. The summed E-state index contributed by atoms with van der Waals surface area (Å²) in [7, 11) is 0. The van der Waals surface area contributed by atoms with Crippen molar-refractivity contribution in [3.05, 3.63) is 29.8 Å². The number of hydrogen-bond donors (Lipinski definition) is 2. The summed E-state index contributed by atoms with van der Waals surface area (Å²) in [6.45, 7) is 9.78. The van der Waals surface area contributed by atoms with Gasteiger partial charge in [-0.15, -0.1) is 0 Å². The topological polar surface area (TPSA) is 44.4 Å². The molecular formula is C16H25N3O. The van der Waals surface area contributed by atoms with Crippen molar-refractivity contribution in [2.45, 2.75) is 32.7 Å². The average molecular weight is 275 g/mol. The van der Waals surface area contributed by atoms with Crippen molar-refractivity contribution in [3.8, 4) is 0 Å². The zero-order chi connectivity index (χ0) is 14.5. The molecule has 0 spiro atoms. The molecule has 2 N–H and O–H groups in total. The van der Waals surface area contributed by atoms with Crippen LogP contribution in [0, 0.1) is 0 Å². The van der Waals surface area contributed by atoms with E-state index in [1.807, 2.05) is 12.1 Å². The Labute approximate surface area is 121 Å². The Morgan fingerprint density at radius 2 is 2.30 bits per heavy atom. The minimum absolute atomic E-state index is 0.0691. The standard InChI is InChI=1S/C16H25N3O/c1-12(2)14-5-4-6-15(9-14)18-16(20)11-19-8-7-17-10-13(19)3/h4-6,9,12-13,17H,7-8,10-11H2,1-3H3,(H,18,20)/t13-/m0/s1. The first-order valence-corrected chi connectivity index (χ1v) is 7.41. The van der Waals surface area contributed by atoms with Crippen molar-refractivity contribution >= 4 is 11.6 Å². The maximum Gasteiger partial charge on any atom is 0.238 e. The van der Waals surface area contributed by atoms with Crippen LogP contribution < -0.4 is 10.6 Å². The van der Waals surface area contributed by atoms with Gasteiger partial charge in [-0.25, -0.2) is 0 Å². The van der Waals surface area contributed by atoms with E-state index >= 15 is 0 Å². The molecule has 0 aromatic heterocycles. The third kappa shape index (κ3) is 4.05. The van der Waals surface area contributed by atoms with Gasteiger partial charge in [-0.3, -0.25) is 9.69 Å². The number of carbonyl (C=O) groups excluding carboxylic acids is 1. The Kier molecular flexibility index (Phi) is 5.15. The lowest BCUT2D eigenvalue weighted by Crippen LogP contribution is -2.51. The Morgan fingerprint density at radius 3 is 3.00 bits per heavy atom. The van der Waals surface area contributed by atoms with Crippen LogP contribution in [-0.4, -0.2) is 43.0 Å². The summed E-state index contributed by atoms with van der Waals surface area (Å²) in [6, 6.07) is 8.52. The molecule has 1 heterocycles. The summed E-state index contributed by atoms with van der Waals surface area (Å²) >= 11 is 0. The first kappa shape index (κ1) is 15.0. The average Bonchev–Trinajstić information content (AvgIpc) is 2.41. The number of piperazine rings is 1. The molecule has 0 unspecified atom stereocenters. The van der Waals surface area contributed by atoms with Crippen molar-refractivity contribution in [3.63, 3.8) is 0 Å². The van der Waals surface area contributed by atoms with Gasteiger partial charge in [0.1, 0.15) is 0 Å². The fourth-order valence-electron chi connectivity index (χ4n) is 2.48. The minimum atomic E-state index is 0.0691. The highest BCUT2D eigenvalue weighted by Gasteiger charge is 2.20. The molecule has 1 aromatic rings. The normalized spacial score (nSPS) is 20.1. The number of carbonyl (C=O) groups is 1. The lowest BCUT2D eigenvalue weighted by Gasteiger charge is -2.33. The van der Waals surface area contributed by atoms with E-state index in [2.05, 4.69) is 48.4 Å². The van der Waals surface area contributed by atoms with Gasteiger partial charge in [0.25, 0.3) is 0 Å². The molecule has 4 heteroatoms. The van der Waals surface area contributed by atoms with Crippen LogP contribution in [0.4, 0.5) is 5.69 Å². The second-order valence-corrected chi connectivity index (χ2v) is 5.85. The van der Waals surface area contributed by atoms with E-state index in [1.54, 1.807) is 0 Å². The maximum atomic E-state index is 12.1. The third-order valence-electron chi connectivity index (χ3n) is 3.82. The number of anilines is 1. The first-order valence-electron chi connectivity index (χ1n) is 7.41. The van der Waals surface area contributed by atoms with E-state index in [1.165, 1.54) is 5.56 Å². The molecule has 0 saturated carbocycles. The fraction of sp³-hybridized carbons (Fsp3) is 0.562. The highest BCUT2D eigenvalue weighted by molar-refractivity contribution is 5.92. The first-order chi connectivity index (χ1) is 9.56. The Morgan fingerprint density at radius 1 is 1.50 bits per heavy atom. The largest absolute Gasteiger partial charge is 0.325 e. The SMILES string of the molecule is CC(C)c1cccc(NC(=O)CN2CCNC[C@@H]2C)c1. The second-order valence-electron chi connectivity index (χ2n) is 5.85. The zero-order valence-corrected chi connectivity index (χ0v) is 12.6. The van der Waals surface area contributed by atoms with Crippen LogP contribution in [0.2, 0.25) is 0 Å². The van der Waals surface area contributed by atoms with Crippen molar-refractivity contribution in [1.29, 1.82) is 0 Å². The smallest absolute Gasteiger partial charge is 0.238 e. The van der Waals surface area contributed by atoms with Crippen LogP contribution >= 0.6 is 0 Å². The van der Waals surface area contributed by atoms with Crippen molar-refractivity contribution in [1.82, 2.24) is 10.2 Å². The molecule has 4 nitrogen and oxygen atoms in total. The van der Waals surface area contributed by atoms with Crippen LogP contribution in [0.1, 0.15) is 32.3 Å². The Bertz CT molecular complexity index is 459. The van der Waals surface area contributed by atoms with E-state index in [-0.39, 0.29) is 5.91 Å². The van der Waals surface area contributed by atoms with Gasteiger partial charge in [-0.2, -0.15) is 0 Å². The van der Waals surface area contributed by atoms with E-state index in [0.717, 1.165) is 25.3 Å². The molecule has 0 bridgehead atoms. The monoisotopic (exact) mass is 275 g/mol. The number of rotatable bonds is 4. The highest BCUT2D eigenvalue weighted by Crippen LogP contribution is 2.18. The molecular weight excluding hydrogens is 250 g/mol. The number of amides is 1. The van der Waals surface area contributed by atoms with E-state index in [4.69, 9.17) is 0 Å². The summed E-state index contributed by atoms with van der Waals surface area (Å²) in [6.07, 6.45) is 0. The van der Waals surface area contributed by atoms with Gasteiger partial charge in [0, 0.05) is 31.4 Å². The molecule has 1 aliphatic rings. The van der Waals surface area contributed by atoms with Crippen molar-refractivity contribution in [2.24, 2.45) is 0 Å². The summed E-state index contributed by atoms with van der Waals surface area (Å²) < 4.78 is 0. The van der Waals surface area contributed by atoms with Crippen LogP contribution in [0.5, 0.6) is 0 Å². The predicted molar refractivity (Wildman–Crippen MR) is 83.1 cm³/mol. The van der Waals surface area contributed by atoms with Gasteiger partial charge < -0.3 is 10.6 Å². The fourth-order valence-corrected chi connectivity index (χ4v) is 2.48. The molecule has 1 aliphatic heterocycles. The number of benzene rings is 1.